The van der Waals surface area contributed by atoms with E-state index in [1.165, 1.54) is 0 Å². The molecule has 38 heavy (non-hydrogen) atoms. The molecule has 0 unspecified atom stereocenters. The number of amides is 2. The predicted molar refractivity (Wildman–Crippen MR) is 150 cm³/mol. The molecule has 8 nitrogen and oxygen atoms in total. The van der Waals surface area contributed by atoms with E-state index < -0.39 is 6.04 Å². The van der Waals surface area contributed by atoms with Crippen LogP contribution in [0.5, 0.6) is 5.75 Å². The molecule has 1 aliphatic rings. The van der Waals surface area contributed by atoms with Crippen molar-refractivity contribution in [1.29, 1.82) is 0 Å². The first-order valence-corrected chi connectivity index (χ1v) is 13.5. The molecule has 4 atom stereocenters. The summed E-state index contributed by atoms with van der Waals surface area (Å²) in [5.41, 5.74) is 1.39. The van der Waals surface area contributed by atoms with Crippen LogP contribution in [0.25, 0.3) is 0 Å². The van der Waals surface area contributed by atoms with Crippen molar-refractivity contribution >= 4 is 17.5 Å². The average Bonchev–Trinajstić information content (AvgIpc) is 2.90. The first-order chi connectivity index (χ1) is 18.2. The van der Waals surface area contributed by atoms with E-state index in [4.69, 9.17) is 9.47 Å². The van der Waals surface area contributed by atoms with E-state index in [-0.39, 0.29) is 36.5 Å². The van der Waals surface area contributed by atoms with Crippen LogP contribution < -0.4 is 10.1 Å². The van der Waals surface area contributed by atoms with E-state index in [9.17, 15) is 14.7 Å². The van der Waals surface area contributed by atoms with Crippen molar-refractivity contribution in [2.75, 3.05) is 45.7 Å². The minimum Gasteiger partial charge on any atom is -0.490 e. The summed E-state index contributed by atoms with van der Waals surface area (Å²) in [6, 6.07) is 13.7. The van der Waals surface area contributed by atoms with Crippen LogP contribution in [0.3, 0.4) is 0 Å². The lowest BCUT2D eigenvalue weighted by Crippen LogP contribution is -2.47. The van der Waals surface area contributed by atoms with Gasteiger partial charge in [-0.25, -0.2) is 0 Å². The van der Waals surface area contributed by atoms with Crippen molar-refractivity contribution in [3.63, 3.8) is 0 Å². The monoisotopic (exact) mass is 525 g/mol. The summed E-state index contributed by atoms with van der Waals surface area (Å²) in [5, 5.41) is 12.9. The number of carbonyl (C=O) groups excluding carboxylic acids is 2. The lowest BCUT2D eigenvalue weighted by molar-refractivity contribution is -0.0137. The van der Waals surface area contributed by atoms with E-state index in [2.05, 4.69) is 17.1 Å². The fourth-order valence-electron chi connectivity index (χ4n) is 4.62. The maximum atomic E-state index is 14.1. The molecule has 0 radical (unpaired) electrons. The number of nitrogens with one attached hydrogen (secondary N) is 1. The molecule has 208 valence electrons. The highest BCUT2D eigenvalue weighted by molar-refractivity contribution is 6.05. The van der Waals surface area contributed by atoms with Crippen LogP contribution in [0.4, 0.5) is 5.69 Å². The summed E-state index contributed by atoms with van der Waals surface area (Å²) in [4.78, 5) is 30.6. The van der Waals surface area contributed by atoms with Crippen molar-refractivity contribution in [1.82, 2.24) is 9.80 Å². The molecule has 0 saturated carbocycles. The first kappa shape index (κ1) is 29.6. The van der Waals surface area contributed by atoms with Crippen LogP contribution >= 0.6 is 0 Å². The molecule has 0 saturated heterocycles. The van der Waals surface area contributed by atoms with Crippen molar-refractivity contribution in [3.05, 3.63) is 59.7 Å². The third kappa shape index (κ3) is 8.28. The highest BCUT2D eigenvalue weighted by Crippen LogP contribution is 2.28. The van der Waals surface area contributed by atoms with Gasteiger partial charge in [0.2, 0.25) is 0 Å². The van der Waals surface area contributed by atoms with Gasteiger partial charge in [0.1, 0.15) is 5.75 Å². The number of nitrogens with zero attached hydrogens (tertiary/aromatic N) is 2. The Labute approximate surface area is 226 Å². The number of carbonyl (C=O) groups is 2. The summed E-state index contributed by atoms with van der Waals surface area (Å²) < 4.78 is 12.5. The normalized spacial score (nSPS) is 22.2. The van der Waals surface area contributed by atoms with Gasteiger partial charge in [-0.15, -0.1) is 0 Å². The Bertz CT molecular complexity index is 1050. The zero-order chi connectivity index (χ0) is 27.7. The maximum absolute atomic E-state index is 14.1. The van der Waals surface area contributed by atoms with Gasteiger partial charge < -0.3 is 29.7 Å². The Morgan fingerprint density at radius 1 is 1.16 bits per heavy atom. The first-order valence-electron chi connectivity index (χ1n) is 13.5. The lowest BCUT2D eigenvalue weighted by Gasteiger charge is -2.35. The van der Waals surface area contributed by atoms with E-state index in [1.807, 2.05) is 34.0 Å². The summed E-state index contributed by atoms with van der Waals surface area (Å²) in [6.45, 7) is 7.54. The number of anilines is 1. The van der Waals surface area contributed by atoms with Crippen LogP contribution in [0.2, 0.25) is 0 Å². The standard InChI is InChI=1S/C30H43N3O5/c1-21-18-33(22(2)20-34)30(36)26-17-25(31-29(35)24-12-7-6-8-13-24)14-15-27(26)38-23(3)11-9-10-16-37-28(21)19-32(4)5/h6-8,12-15,17,21-23,28,34H,9-11,16,18-20H2,1-5H3,(H,31,35)/t21-,22-,23-,28-/m1/s1. The molecule has 0 spiro atoms. The molecular weight excluding hydrogens is 482 g/mol. The number of aliphatic hydroxyl groups is 1. The van der Waals surface area contributed by atoms with Crippen LogP contribution in [0.1, 0.15) is 60.7 Å². The molecule has 3 rings (SSSR count). The minimum atomic E-state index is -0.411. The lowest BCUT2D eigenvalue weighted by atomic mass is 10.0. The third-order valence-electron chi connectivity index (χ3n) is 6.89. The molecule has 2 N–H and O–H groups in total. The molecule has 8 heteroatoms. The number of hydrogen-bond donors (Lipinski definition) is 2. The van der Waals surface area contributed by atoms with Gasteiger partial charge in [-0.1, -0.05) is 25.1 Å². The Hall–Kier alpha value is -2.94. The number of aliphatic hydroxyl groups excluding tert-OH is 1. The fourth-order valence-corrected chi connectivity index (χ4v) is 4.62. The largest absolute Gasteiger partial charge is 0.490 e. The molecule has 0 aromatic heterocycles. The van der Waals surface area contributed by atoms with Crippen molar-refractivity contribution in [2.24, 2.45) is 5.92 Å². The number of fused-ring (bicyclic) bond motifs is 1. The van der Waals surface area contributed by atoms with Gasteiger partial charge >= 0.3 is 0 Å². The van der Waals surface area contributed by atoms with Crippen LogP contribution in [0, 0.1) is 5.92 Å². The third-order valence-corrected chi connectivity index (χ3v) is 6.89. The van der Waals surface area contributed by atoms with Gasteiger partial charge in [0, 0.05) is 36.9 Å². The molecule has 2 amide bonds. The number of hydrogen-bond acceptors (Lipinski definition) is 6. The molecule has 2 aromatic carbocycles. The molecular formula is C30H43N3O5. The summed E-state index contributed by atoms with van der Waals surface area (Å²) in [6.07, 6.45) is 2.55. The minimum absolute atomic E-state index is 0.0301. The molecule has 1 aliphatic heterocycles. The Morgan fingerprint density at radius 3 is 2.58 bits per heavy atom. The van der Waals surface area contributed by atoms with E-state index >= 15 is 0 Å². The summed E-state index contributed by atoms with van der Waals surface area (Å²) in [5.74, 6) is -0.00756. The van der Waals surface area contributed by atoms with E-state index in [0.717, 1.165) is 25.8 Å². The van der Waals surface area contributed by atoms with Crippen LogP contribution in [0.15, 0.2) is 48.5 Å². The van der Waals surface area contributed by atoms with Crippen molar-refractivity contribution < 1.29 is 24.2 Å². The van der Waals surface area contributed by atoms with Gasteiger partial charge in [0.15, 0.2) is 0 Å². The molecule has 0 aliphatic carbocycles. The topological polar surface area (TPSA) is 91.3 Å². The van der Waals surface area contributed by atoms with E-state index in [1.54, 1.807) is 47.4 Å². The van der Waals surface area contributed by atoms with Gasteiger partial charge in [-0.2, -0.15) is 0 Å². The summed E-state index contributed by atoms with van der Waals surface area (Å²) >= 11 is 0. The highest BCUT2D eigenvalue weighted by atomic mass is 16.5. The van der Waals surface area contributed by atoms with Gasteiger partial charge in [0.25, 0.3) is 11.8 Å². The predicted octanol–water partition coefficient (Wildman–Crippen LogP) is 4.30. The van der Waals surface area contributed by atoms with Gasteiger partial charge in [-0.05, 0) is 77.5 Å². The molecule has 1 heterocycles. The van der Waals surface area contributed by atoms with Gasteiger partial charge in [0.05, 0.1) is 30.4 Å². The fraction of sp³-hybridized carbons (Fsp3) is 0.533. The Balaban J connectivity index is 1.98. The zero-order valence-electron chi connectivity index (χ0n) is 23.4. The summed E-state index contributed by atoms with van der Waals surface area (Å²) in [7, 11) is 4.03. The Morgan fingerprint density at radius 2 is 1.89 bits per heavy atom. The van der Waals surface area contributed by atoms with Crippen LogP contribution in [-0.2, 0) is 4.74 Å². The van der Waals surface area contributed by atoms with Crippen molar-refractivity contribution in [2.45, 2.75) is 58.3 Å². The van der Waals surface area contributed by atoms with Crippen molar-refractivity contribution in [3.8, 4) is 5.75 Å². The second-order valence-electron chi connectivity index (χ2n) is 10.6. The second-order valence-corrected chi connectivity index (χ2v) is 10.6. The SMILES string of the molecule is C[C@@H]1CCCCO[C@H](CN(C)C)[C@H](C)CN([C@H](C)CO)C(=O)c2cc(NC(=O)c3ccccc3)ccc2O1. The Kier molecular flexibility index (Phi) is 11.1. The number of likely N-dealkylation sites (N-methyl/N-ethyl adjacent to an activating group) is 1. The number of ether oxygens (including phenoxy) is 2. The molecule has 0 bridgehead atoms. The number of benzene rings is 2. The van der Waals surface area contributed by atoms with E-state index in [0.29, 0.717) is 35.7 Å². The smallest absolute Gasteiger partial charge is 0.258 e. The van der Waals surface area contributed by atoms with Crippen LogP contribution in [-0.4, -0.2) is 85.4 Å². The highest BCUT2D eigenvalue weighted by Gasteiger charge is 2.30. The quantitative estimate of drug-likeness (QED) is 0.585. The molecule has 2 aromatic rings. The van der Waals surface area contributed by atoms with Gasteiger partial charge in [-0.3, -0.25) is 9.59 Å². The number of rotatable bonds is 6. The molecule has 0 fully saturated rings. The second kappa shape index (κ2) is 14.3. The average molecular weight is 526 g/mol. The zero-order valence-corrected chi connectivity index (χ0v) is 23.4. The maximum Gasteiger partial charge on any atom is 0.258 e.